The summed E-state index contributed by atoms with van der Waals surface area (Å²) in [5, 5.41) is 12.5. The van der Waals surface area contributed by atoms with E-state index in [9.17, 15) is 27.9 Å². The fourth-order valence-electron chi connectivity index (χ4n) is 1.72. The van der Waals surface area contributed by atoms with E-state index in [1.165, 1.54) is 36.4 Å². The van der Waals surface area contributed by atoms with E-state index in [1.54, 1.807) is 5.43 Å². The van der Waals surface area contributed by atoms with E-state index >= 15 is 0 Å². The highest BCUT2D eigenvalue weighted by atomic mass is 19.4. The fourth-order valence-corrected chi connectivity index (χ4v) is 1.72. The molecule has 2 rings (SSSR count). The third-order valence-electron chi connectivity index (χ3n) is 2.89. The minimum absolute atomic E-state index is 0.250. The molecule has 126 valence electrons. The maximum absolute atomic E-state index is 12.9. The Balaban J connectivity index is 2.16. The van der Waals surface area contributed by atoms with E-state index in [2.05, 4.69) is 5.10 Å². The van der Waals surface area contributed by atoms with Gasteiger partial charge in [-0.2, -0.15) is 18.3 Å². The number of furan rings is 1. The van der Waals surface area contributed by atoms with Crippen LogP contribution in [0.1, 0.15) is 27.3 Å². The van der Waals surface area contributed by atoms with Gasteiger partial charge in [0.2, 0.25) is 5.78 Å². The summed E-state index contributed by atoms with van der Waals surface area (Å²) in [6, 6.07) is 7.85. The fraction of sp³-hybridized carbons (Fsp3) is 0.133. The number of carbonyl (C=O) groups is 2. The van der Waals surface area contributed by atoms with Crippen LogP contribution in [0.5, 0.6) is 5.75 Å². The number of amides is 1. The van der Waals surface area contributed by atoms with Crippen molar-refractivity contribution in [2.75, 3.05) is 0 Å². The first kappa shape index (κ1) is 17.3. The van der Waals surface area contributed by atoms with Crippen molar-refractivity contribution in [3.05, 3.63) is 54.0 Å². The number of phenols is 1. The van der Waals surface area contributed by atoms with Crippen molar-refractivity contribution < 1.29 is 32.3 Å². The van der Waals surface area contributed by atoms with Crippen molar-refractivity contribution in [3.63, 3.8) is 0 Å². The molecule has 0 atom stereocenters. The SMILES string of the molecule is O=C(C/C(=N/NC(=O)c1ccccc1O)C(F)(F)F)c1ccco1. The summed E-state index contributed by atoms with van der Waals surface area (Å²) < 4.78 is 43.5. The van der Waals surface area contributed by atoms with Crippen LogP contribution in [0.25, 0.3) is 0 Å². The first-order chi connectivity index (χ1) is 11.3. The molecule has 2 aromatic rings. The average molecular weight is 340 g/mol. The highest BCUT2D eigenvalue weighted by molar-refractivity contribution is 6.10. The lowest BCUT2D eigenvalue weighted by Crippen LogP contribution is -2.30. The lowest BCUT2D eigenvalue weighted by molar-refractivity contribution is -0.0605. The Bertz CT molecular complexity index is 767. The van der Waals surface area contributed by atoms with E-state index in [-0.39, 0.29) is 11.3 Å². The Hall–Kier alpha value is -3.10. The van der Waals surface area contributed by atoms with Crippen LogP contribution < -0.4 is 5.43 Å². The minimum Gasteiger partial charge on any atom is -0.507 e. The van der Waals surface area contributed by atoms with Gasteiger partial charge in [-0.05, 0) is 24.3 Å². The van der Waals surface area contributed by atoms with Crippen molar-refractivity contribution in [3.8, 4) is 5.75 Å². The van der Waals surface area contributed by atoms with E-state index < -0.39 is 35.7 Å². The third-order valence-corrected chi connectivity index (χ3v) is 2.89. The van der Waals surface area contributed by atoms with Crippen LogP contribution in [-0.2, 0) is 0 Å². The van der Waals surface area contributed by atoms with Crippen LogP contribution in [0, 0.1) is 0 Å². The molecule has 0 bridgehead atoms. The lowest BCUT2D eigenvalue weighted by Gasteiger charge is -2.10. The zero-order valence-electron chi connectivity index (χ0n) is 12.0. The van der Waals surface area contributed by atoms with Gasteiger partial charge in [-0.1, -0.05) is 12.1 Å². The minimum atomic E-state index is -4.92. The summed E-state index contributed by atoms with van der Waals surface area (Å²) in [6.45, 7) is 0. The van der Waals surface area contributed by atoms with Crippen LogP contribution in [0.2, 0.25) is 0 Å². The molecule has 0 aliphatic heterocycles. The van der Waals surface area contributed by atoms with E-state index in [4.69, 9.17) is 4.42 Å². The van der Waals surface area contributed by atoms with Gasteiger partial charge < -0.3 is 9.52 Å². The largest absolute Gasteiger partial charge is 0.507 e. The van der Waals surface area contributed by atoms with Crippen molar-refractivity contribution in [1.29, 1.82) is 0 Å². The molecule has 1 heterocycles. The van der Waals surface area contributed by atoms with E-state index in [0.717, 1.165) is 6.26 Å². The number of hydrogen-bond donors (Lipinski definition) is 2. The second-order valence-corrected chi connectivity index (χ2v) is 4.59. The third kappa shape index (κ3) is 4.22. The summed E-state index contributed by atoms with van der Waals surface area (Å²) >= 11 is 0. The molecule has 0 spiro atoms. The van der Waals surface area contributed by atoms with Gasteiger partial charge in [-0.15, -0.1) is 0 Å². The molecule has 1 aromatic carbocycles. The first-order valence-corrected chi connectivity index (χ1v) is 6.58. The topological polar surface area (TPSA) is 91.9 Å². The van der Waals surface area contributed by atoms with Crippen molar-refractivity contribution in [2.45, 2.75) is 12.6 Å². The number of carbonyl (C=O) groups excluding carboxylic acids is 2. The number of alkyl halides is 3. The number of hydrazone groups is 1. The Morgan fingerprint density at radius 1 is 1.17 bits per heavy atom. The highest BCUT2D eigenvalue weighted by Gasteiger charge is 2.38. The first-order valence-electron chi connectivity index (χ1n) is 6.58. The molecular weight excluding hydrogens is 329 g/mol. The summed E-state index contributed by atoms with van der Waals surface area (Å²) in [5.41, 5.74) is -0.0595. The van der Waals surface area contributed by atoms with Crippen LogP contribution in [0.15, 0.2) is 52.2 Å². The van der Waals surface area contributed by atoms with Gasteiger partial charge in [0, 0.05) is 0 Å². The number of para-hydroxylation sites is 1. The lowest BCUT2D eigenvalue weighted by atomic mass is 10.1. The summed E-state index contributed by atoms with van der Waals surface area (Å²) in [6.07, 6.45) is -4.87. The van der Waals surface area contributed by atoms with Gasteiger partial charge in [0.15, 0.2) is 5.76 Å². The number of halogens is 3. The van der Waals surface area contributed by atoms with Gasteiger partial charge in [0.1, 0.15) is 11.5 Å². The highest BCUT2D eigenvalue weighted by Crippen LogP contribution is 2.21. The Morgan fingerprint density at radius 2 is 1.88 bits per heavy atom. The molecule has 9 heteroatoms. The van der Waals surface area contributed by atoms with E-state index in [0.29, 0.717) is 0 Å². The Morgan fingerprint density at radius 3 is 2.46 bits per heavy atom. The number of nitrogens with one attached hydrogen (secondary N) is 1. The van der Waals surface area contributed by atoms with Crippen molar-refractivity contribution in [1.82, 2.24) is 5.43 Å². The van der Waals surface area contributed by atoms with Crippen LogP contribution in [0.3, 0.4) is 0 Å². The molecule has 0 saturated carbocycles. The molecule has 1 aromatic heterocycles. The van der Waals surface area contributed by atoms with Crippen molar-refractivity contribution in [2.24, 2.45) is 5.10 Å². The number of phenolic OH excluding ortho intramolecular Hbond substituents is 1. The van der Waals surface area contributed by atoms with Crippen LogP contribution >= 0.6 is 0 Å². The molecule has 1 amide bonds. The van der Waals surface area contributed by atoms with Crippen LogP contribution in [0.4, 0.5) is 13.2 Å². The standard InChI is InChI=1S/C15H11F3N2O4/c16-15(17,18)13(8-11(22)12-6-3-7-24-12)19-20-14(23)9-4-1-2-5-10(9)21/h1-7,21H,8H2,(H,20,23)/b19-13-. The molecule has 2 N–H and O–H groups in total. The smallest absolute Gasteiger partial charge is 0.431 e. The normalized spacial score (nSPS) is 12.0. The number of nitrogens with zero attached hydrogens (tertiary/aromatic N) is 1. The number of ketones is 1. The number of rotatable bonds is 5. The molecule has 0 unspecified atom stereocenters. The second-order valence-electron chi connectivity index (χ2n) is 4.59. The van der Waals surface area contributed by atoms with E-state index in [1.807, 2.05) is 0 Å². The predicted octanol–water partition coefficient (Wildman–Crippen LogP) is 2.91. The van der Waals surface area contributed by atoms with Gasteiger partial charge >= 0.3 is 6.18 Å². The average Bonchev–Trinajstić information content (AvgIpc) is 3.04. The summed E-state index contributed by atoms with van der Waals surface area (Å²) in [7, 11) is 0. The van der Waals surface area contributed by atoms with Gasteiger partial charge in [-0.3, -0.25) is 9.59 Å². The summed E-state index contributed by atoms with van der Waals surface area (Å²) in [4.78, 5) is 23.5. The molecule has 0 saturated heterocycles. The predicted molar refractivity (Wildman–Crippen MR) is 76.7 cm³/mol. The molecular formula is C15H11F3N2O4. The molecule has 0 radical (unpaired) electrons. The zero-order valence-corrected chi connectivity index (χ0v) is 12.0. The number of hydrogen-bond acceptors (Lipinski definition) is 5. The number of aromatic hydroxyl groups is 1. The maximum atomic E-state index is 12.9. The van der Waals surface area contributed by atoms with Gasteiger partial charge in [0.05, 0.1) is 18.2 Å². The monoisotopic (exact) mass is 340 g/mol. The molecule has 24 heavy (non-hydrogen) atoms. The second kappa shape index (κ2) is 6.99. The Kier molecular flexibility index (Phi) is 5.02. The molecule has 0 aliphatic rings. The molecule has 6 nitrogen and oxygen atoms in total. The number of benzene rings is 1. The number of Topliss-reactive ketones (excluding diaryl/α,β-unsaturated/α-hetero) is 1. The van der Waals surface area contributed by atoms with Crippen molar-refractivity contribution >= 4 is 17.4 Å². The zero-order chi connectivity index (χ0) is 17.7. The molecule has 0 fully saturated rings. The maximum Gasteiger partial charge on any atom is 0.431 e. The van der Waals surface area contributed by atoms with Gasteiger partial charge in [0.25, 0.3) is 5.91 Å². The van der Waals surface area contributed by atoms with Gasteiger partial charge in [-0.25, -0.2) is 5.43 Å². The Labute approximate surface area is 133 Å². The summed E-state index contributed by atoms with van der Waals surface area (Å²) in [5.74, 6) is -2.64. The molecule has 0 aliphatic carbocycles. The van der Waals surface area contributed by atoms with Crippen LogP contribution in [-0.4, -0.2) is 28.7 Å². The quantitative estimate of drug-likeness (QED) is 0.497.